The van der Waals surface area contributed by atoms with Crippen molar-refractivity contribution in [1.29, 1.82) is 0 Å². The Hall–Kier alpha value is -1.57. The van der Waals surface area contributed by atoms with Gasteiger partial charge in [-0.15, -0.1) is 0 Å². The SMILES string of the molecule is CC/C(C)=C1/C(=O)COc2ccccc21. The normalized spacial score (nSPS) is 18.1. The molecule has 0 unspecified atom stereocenters. The Balaban J connectivity index is 2.61. The molecule has 0 aliphatic carbocycles. The summed E-state index contributed by atoms with van der Waals surface area (Å²) in [5.74, 6) is 0.910. The third kappa shape index (κ3) is 1.67. The van der Waals surface area contributed by atoms with Crippen molar-refractivity contribution in [3.8, 4) is 5.75 Å². The molecule has 0 atom stereocenters. The second-order valence-corrected chi connectivity index (χ2v) is 3.72. The van der Waals surface area contributed by atoms with Crippen LogP contribution >= 0.6 is 0 Å². The zero-order chi connectivity index (χ0) is 10.8. The lowest BCUT2D eigenvalue weighted by atomic mass is 9.93. The second kappa shape index (κ2) is 3.89. The highest BCUT2D eigenvalue weighted by Crippen LogP contribution is 2.33. The first-order valence-electron chi connectivity index (χ1n) is 5.19. The molecule has 0 amide bonds. The summed E-state index contributed by atoms with van der Waals surface area (Å²) in [4.78, 5) is 11.8. The number of carbonyl (C=O) groups excluding carboxylic acids is 1. The van der Waals surface area contributed by atoms with Crippen LogP contribution in [0.5, 0.6) is 5.75 Å². The molecule has 2 heteroatoms. The lowest BCUT2D eigenvalue weighted by Gasteiger charge is -2.20. The largest absolute Gasteiger partial charge is 0.485 e. The summed E-state index contributed by atoms with van der Waals surface area (Å²) in [6.07, 6.45) is 0.898. The Morgan fingerprint density at radius 1 is 1.40 bits per heavy atom. The van der Waals surface area contributed by atoms with Crippen LogP contribution in [0.15, 0.2) is 29.8 Å². The fourth-order valence-electron chi connectivity index (χ4n) is 1.81. The molecule has 1 aliphatic heterocycles. The second-order valence-electron chi connectivity index (χ2n) is 3.72. The average Bonchev–Trinajstić information content (AvgIpc) is 2.28. The van der Waals surface area contributed by atoms with E-state index in [2.05, 4.69) is 6.92 Å². The van der Waals surface area contributed by atoms with Crippen LogP contribution in [0.1, 0.15) is 25.8 Å². The summed E-state index contributed by atoms with van der Waals surface area (Å²) in [6.45, 7) is 4.24. The van der Waals surface area contributed by atoms with Crippen molar-refractivity contribution in [1.82, 2.24) is 0 Å². The van der Waals surface area contributed by atoms with Crippen LogP contribution in [0.3, 0.4) is 0 Å². The third-order valence-corrected chi connectivity index (χ3v) is 2.75. The molecule has 0 aromatic heterocycles. The van der Waals surface area contributed by atoms with E-state index in [1.807, 2.05) is 31.2 Å². The summed E-state index contributed by atoms with van der Waals surface area (Å²) in [6, 6.07) is 7.71. The minimum atomic E-state index is 0.0908. The molecule has 2 nitrogen and oxygen atoms in total. The van der Waals surface area contributed by atoms with Gasteiger partial charge >= 0.3 is 0 Å². The highest BCUT2D eigenvalue weighted by atomic mass is 16.5. The Morgan fingerprint density at radius 3 is 2.87 bits per heavy atom. The number of hydrogen-bond donors (Lipinski definition) is 0. The van der Waals surface area contributed by atoms with Crippen LogP contribution in [0.4, 0.5) is 0 Å². The Bertz CT molecular complexity index is 430. The van der Waals surface area contributed by atoms with Gasteiger partial charge in [-0.3, -0.25) is 4.79 Å². The number of rotatable bonds is 1. The van der Waals surface area contributed by atoms with Gasteiger partial charge in [-0.2, -0.15) is 0 Å². The fourth-order valence-corrected chi connectivity index (χ4v) is 1.81. The summed E-state index contributed by atoms with van der Waals surface area (Å²) < 4.78 is 5.38. The first kappa shape index (κ1) is 9.97. The zero-order valence-electron chi connectivity index (χ0n) is 9.04. The molecule has 2 rings (SSSR count). The lowest BCUT2D eigenvalue weighted by Crippen LogP contribution is -2.20. The van der Waals surface area contributed by atoms with Crippen LogP contribution in [-0.2, 0) is 4.79 Å². The van der Waals surface area contributed by atoms with E-state index < -0.39 is 0 Å². The first-order valence-corrected chi connectivity index (χ1v) is 5.19. The molecule has 0 spiro atoms. The summed E-state index contributed by atoms with van der Waals surface area (Å²) in [7, 11) is 0. The van der Waals surface area contributed by atoms with E-state index in [4.69, 9.17) is 4.74 Å². The van der Waals surface area contributed by atoms with Gasteiger partial charge in [-0.1, -0.05) is 30.7 Å². The van der Waals surface area contributed by atoms with E-state index in [0.717, 1.165) is 28.9 Å². The van der Waals surface area contributed by atoms with Crippen molar-refractivity contribution in [2.24, 2.45) is 0 Å². The van der Waals surface area contributed by atoms with Crippen molar-refractivity contribution < 1.29 is 9.53 Å². The van der Waals surface area contributed by atoms with Gasteiger partial charge in [0.1, 0.15) is 5.75 Å². The van der Waals surface area contributed by atoms with Gasteiger partial charge in [-0.05, 0) is 19.4 Å². The number of hydrogen-bond acceptors (Lipinski definition) is 2. The van der Waals surface area contributed by atoms with Gasteiger partial charge in [0.15, 0.2) is 6.61 Å². The number of para-hydroxylation sites is 1. The average molecular weight is 202 g/mol. The molecule has 0 fully saturated rings. The predicted octanol–water partition coefficient (Wildman–Crippen LogP) is 2.83. The zero-order valence-corrected chi connectivity index (χ0v) is 9.04. The molecule has 78 valence electrons. The number of carbonyl (C=O) groups is 1. The highest BCUT2D eigenvalue weighted by molar-refractivity contribution is 6.24. The monoisotopic (exact) mass is 202 g/mol. The Morgan fingerprint density at radius 2 is 2.13 bits per heavy atom. The lowest BCUT2D eigenvalue weighted by molar-refractivity contribution is -0.116. The maximum atomic E-state index is 11.8. The molecule has 1 aromatic carbocycles. The van der Waals surface area contributed by atoms with Crippen LogP contribution in [0, 0.1) is 0 Å². The van der Waals surface area contributed by atoms with Gasteiger partial charge in [0, 0.05) is 11.1 Å². The van der Waals surface area contributed by atoms with Crippen LogP contribution in [0.25, 0.3) is 5.57 Å². The molecule has 0 N–H and O–H groups in total. The first-order chi connectivity index (χ1) is 7.24. The molecule has 0 bridgehead atoms. The Kier molecular flexibility index (Phi) is 2.58. The van der Waals surface area contributed by atoms with Gasteiger partial charge < -0.3 is 4.74 Å². The quantitative estimate of drug-likeness (QED) is 0.654. The van der Waals surface area contributed by atoms with Crippen LogP contribution in [-0.4, -0.2) is 12.4 Å². The molecule has 0 radical (unpaired) electrons. The van der Waals surface area contributed by atoms with E-state index in [0.29, 0.717) is 0 Å². The van der Waals surface area contributed by atoms with E-state index in [9.17, 15) is 4.79 Å². The molecule has 1 aromatic rings. The number of benzene rings is 1. The van der Waals surface area contributed by atoms with Crippen LogP contribution < -0.4 is 4.74 Å². The van der Waals surface area contributed by atoms with Crippen molar-refractivity contribution in [2.45, 2.75) is 20.3 Å². The van der Waals surface area contributed by atoms with E-state index in [1.165, 1.54) is 0 Å². The van der Waals surface area contributed by atoms with Gasteiger partial charge in [0.2, 0.25) is 5.78 Å². The van der Waals surface area contributed by atoms with Gasteiger partial charge in [0.05, 0.1) is 0 Å². The number of allylic oxidation sites excluding steroid dienone is 1. The maximum absolute atomic E-state index is 11.8. The summed E-state index contributed by atoms with van der Waals surface area (Å²) in [5, 5.41) is 0. The molecule has 1 aliphatic rings. The minimum Gasteiger partial charge on any atom is -0.485 e. The molecule has 1 heterocycles. The van der Waals surface area contributed by atoms with Crippen molar-refractivity contribution in [3.63, 3.8) is 0 Å². The topological polar surface area (TPSA) is 26.3 Å². The van der Waals surface area contributed by atoms with Crippen molar-refractivity contribution >= 4 is 11.4 Å². The summed E-state index contributed by atoms with van der Waals surface area (Å²) >= 11 is 0. The number of fused-ring (bicyclic) bond motifs is 1. The highest BCUT2D eigenvalue weighted by Gasteiger charge is 2.23. The number of ether oxygens (including phenoxy) is 1. The summed E-state index contributed by atoms with van der Waals surface area (Å²) in [5.41, 5.74) is 2.92. The molecule has 0 saturated carbocycles. The number of Topliss-reactive ketones (excluding diaryl/α,β-unsaturated/α-hetero) is 1. The minimum absolute atomic E-state index is 0.0908. The van der Waals surface area contributed by atoms with Gasteiger partial charge in [-0.25, -0.2) is 0 Å². The molecule has 0 saturated heterocycles. The van der Waals surface area contributed by atoms with E-state index in [1.54, 1.807) is 0 Å². The van der Waals surface area contributed by atoms with Crippen molar-refractivity contribution in [2.75, 3.05) is 6.61 Å². The van der Waals surface area contributed by atoms with E-state index >= 15 is 0 Å². The fraction of sp³-hybridized carbons (Fsp3) is 0.308. The molecular formula is C13H14O2. The van der Waals surface area contributed by atoms with Gasteiger partial charge in [0.25, 0.3) is 0 Å². The Labute approximate surface area is 89.6 Å². The predicted molar refractivity (Wildman–Crippen MR) is 59.8 cm³/mol. The smallest absolute Gasteiger partial charge is 0.200 e. The van der Waals surface area contributed by atoms with Crippen LogP contribution in [0.2, 0.25) is 0 Å². The van der Waals surface area contributed by atoms with Crippen molar-refractivity contribution in [3.05, 3.63) is 35.4 Å². The molecule has 15 heavy (non-hydrogen) atoms. The van der Waals surface area contributed by atoms with E-state index in [-0.39, 0.29) is 12.4 Å². The molecular weight excluding hydrogens is 188 g/mol. The third-order valence-electron chi connectivity index (χ3n) is 2.75. The maximum Gasteiger partial charge on any atom is 0.200 e. The standard InChI is InChI=1S/C13H14O2/c1-3-9(2)13-10-6-4-5-7-12(10)15-8-11(13)14/h4-7H,3,8H2,1-2H3/b13-9+. The number of ketones is 1.